The minimum Gasteiger partial charge on any atom is -0.351 e. The molecule has 0 fully saturated rings. The summed E-state index contributed by atoms with van der Waals surface area (Å²) in [7, 11) is 0. The molecule has 0 bridgehead atoms. The van der Waals surface area contributed by atoms with Crippen molar-refractivity contribution in [3.63, 3.8) is 0 Å². The molecule has 2 aromatic heterocycles. The molecule has 6 heteroatoms. The highest BCUT2D eigenvalue weighted by Gasteiger charge is 2.17. The molecular weight excluding hydrogens is 328 g/mol. The van der Waals surface area contributed by atoms with Crippen LogP contribution < -0.4 is 10.9 Å². The van der Waals surface area contributed by atoms with Crippen molar-refractivity contribution in [3.05, 3.63) is 82.3 Å². The highest BCUT2D eigenvalue weighted by atomic mass is 16.2. The second-order valence-corrected chi connectivity index (χ2v) is 6.31. The minimum atomic E-state index is -0.256. The number of aromatic amines is 1. The van der Waals surface area contributed by atoms with Gasteiger partial charge in [-0.3, -0.25) is 9.59 Å². The van der Waals surface area contributed by atoms with Gasteiger partial charge in [-0.15, -0.1) is 0 Å². The third-order valence-electron chi connectivity index (χ3n) is 4.56. The summed E-state index contributed by atoms with van der Waals surface area (Å²) in [4.78, 5) is 27.7. The lowest BCUT2D eigenvalue weighted by Crippen LogP contribution is -2.27. The van der Waals surface area contributed by atoms with Crippen LogP contribution in [0.1, 0.15) is 28.8 Å². The molecule has 130 valence electrons. The largest absolute Gasteiger partial charge is 0.351 e. The number of fused-ring (bicyclic) bond motifs is 3. The second-order valence-electron chi connectivity index (χ2n) is 6.31. The van der Waals surface area contributed by atoms with Gasteiger partial charge in [-0.25, -0.2) is 4.52 Å². The van der Waals surface area contributed by atoms with E-state index in [4.69, 9.17) is 0 Å². The molecule has 2 N–H and O–H groups in total. The quantitative estimate of drug-likeness (QED) is 0.596. The van der Waals surface area contributed by atoms with Crippen LogP contribution in [0, 0.1) is 0 Å². The molecule has 1 amide bonds. The van der Waals surface area contributed by atoms with E-state index < -0.39 is 0 Å². The highest BCUT2D eigenvalue weighted by molar-refractivity contribution is 6.00. The number of nitrogens with one attached hydrogen (secondary N) is 2. The normalized spacial score (nSPS) is 12.3. The summed E-state index contributed by atoms with van der Waals surface area (Å²) in [5.41, 5.74) is 2.35. The Hall–Kier alpha value is -3.41. The number of para-hydroxylation sites is 1. The summed E-state index contributed by atoms with van der Waals surface area (Å²) in [6, 6.07) is 17.2. The van der Waals surface area contributed by atoms with E-state index in [1.807, 2.05) is 42.5 Å². The maximum absolute atomic E-state index is 12.6. The summed E-state index contributed by atoms with van der Waals surface area (Å²) >= 11 is 0. The van der Waals surface area contributed by atoms with Crippen LogP contribution in [0.4, 0.5) is 0 Å². The van der Waals surface area contributed by atoms with Gasteiger partial charge < -0.3 is 10.3 Å². The zero-order chi connectivity index (χ0) is 18.1. The lowest BCUT2D eigenvalue weighted by molar-refractivity contribution is 0.0953. The molecule has 26 heavy (non-hydrogen) atoms. The van der Waals surface area contributed by atoms with Crippen LogP contribution in [-0.2, 0) is 0 Å². The molecule has 0 aliphatic carbocycles. The van der Waals surface area contributed by atoms with E-state index in [-0.39, 0.29) is 17.4 Å². The topological polar surface area (TPSA) is 79.3 Å². The zero-order valence-corrected chi connectivity index (χ0v) is 14.3. The zero-order valence-electron chi connectivity index (χ0n) is 14.3. The first-order chi connectivity index (χ1) is 12.6. The van der Waals surface area contributed by atoms with E-state index in [1.54, 1.807) is 16.6 Å². The van der Waals surface area contributed by atoms with Crippen molar-refractivity contribution >= 4 is 22.5 Å². The van der Waals surface area contributed by atoms with Gasteiger partial charge in [0.1, 0.15) is 11.2 Å². The average Bonchev–Trinajstić information content (AvgIpc) is 3.11. The monoisotopic (exact) mass is 346 g/mol. The van der Waals surface area contributed by atoms with Crippen LogP contribution in [0.25, 0.3) is 16.6 Å². The number of hydrogen-bond donors (Lipinski definition) is 2. The summed E-state index contributed by atoms with van der Waals surface area (Å²) in [5.74, 6) is -0.0735. The number of nitrogens with zero attached hydrogens (tertiary/aromatic N) is 2. The van der Waals surface area contributed by atoms with Crippen molar-refractivity contribution in [2.24, 2.45) is 0 Å². The van der Waals surface area contributed by atoms with Crippen LogP contribution >= 0.6 is 0 Å². The van der Waals surface area contributed by atoms with Crippen molar-refractivity contribution in [1.29, 1.82) is 0 Å². The molecule has 6 nitrogen and oxygen atoms in total. The fraction of sp³-hybridized carbons (Fsp3) is 0.150. The van der Waals surface area contributed by atoms with Gasteiger partial charge >= 0.3 is 0 Å². The number of H-pyrrole nitrogens is 1. The van der Waals surface area contributed by atoms with E-state index in [0.29, 0.717) is 28.7 Å². The first-order valence-electron chi connectivity index (χ1n) is 8.47. The highest BCUT2D eigenvalue weighted by Crippen LogP contribution is 2.16. The Morgan fingerprint density at radius 1 is 1.15 bits per heavy atom. The standard InChI is InChI=1S/C20H18N4O2/c1-13(14-7-3-2-4-8-14)11-21-19(25)16-12-22-24-17-10-6-5-9-15(17)20(26)23-18(16)24/h2-10,12-13H,11H2,1H3,(H,21,25)(H,23,26). The maximum atomic E-state index is 12.6. The number of benzene rings is 2. The van der Waals surface area contributed by atoms with Gasteiger partial charge in [0, 0.05) is 6.54 Å². The van der Waals surface area contributed by atoms with Crippen molar-refractivity contribution < 1.29 is 4.79 Å². The lowest BCUT2D eigenvalue weighted by Gasteiger charge is -2.12. The molecule has 1 unspecified atom stereocenters. The third-order valence-corrected chi connectivity index (χ3v) is 4.56. The molecule has 2 aromatic carbocycles. The first kappa shape index (κ1) is 16.1. The molecule has 0 aliphatic rings. The van der Waals surface area contributed by atoms with Crippen molar-refractivity contribution in [2.45, 2.75) is 12.8 Å². The maximum Gasteiger partial charge on any atom is 0.259 e. The van der Waals surface area contributed by atoms with Crippen LogP contribution in [0.5, 0.6) is 0 Å². The van der Waals surface area contributed by atoms with Crippen LogP contribution in [0.3, 0.4) is 0 Å². The van der Waals surface area contributed by atoms with Crippen LogP contribution in [-0.4, -0.2) is 27.0 Å². The molecule has 1 atom stereocenters. The summed E-state index contributed by atoms with van der Waals surface area (Å²) in [5, 5.41) is 7.74. The number of rotatable bonds is 4. The van der Waals surface area contributed by atoms with Crippen molar-refractivity contribution in [1.82, 2.24) is 19.9 Å². The molecule has 0 aliphatic heterocycles. The summed E-state index contributed by atoms with van der Waals surface area (Å²) < 4.78 is 1.59. The van der Waals surface area contributed by atoms with Gasteiger partial charge in [-0.1, -0.05) is 49.4 Å². The van der Waals surface area contributed by atoms with Crippen molar-refractivity contribution in [2.75, 3.05) is 6.54 Å². The number of amides is 1. The Balaban J connectivity index is 1.62. The molecule has 0 saturated heterocycles. The molecule has 0 radical (unpaired) electrons. The molecule has 4 aromatic rings. The van der Waals surface area contributed by atoms with E-state index in [0.717, 1.165) is 5.56 Å². The Labute approximate surface area is 149 Å². The van der Waals surface area contributed by atoms with Crippen molar-refractivity contribution in [3.8, 4) is 0 Å². The minimum absolute atomic E-state index is 0.182. The van der Waals surface area contributed by atoms with Gasteiger partial charge in [-0.05, 0) is 23.6 Å². The van der Waals surface area contributed by atoms with E-state index in [2.05, 4.69) is 22.3 Å². The second kappa shape index (κ2) is 6.48. The number of carbonyl (C=O) groups excluding carboxylic acids is 1. The Bertz CT molecular complexity index is 1140. The summed E-state index contributed by atoms with van der Waals surface area (Å²) in [6.07, 6.45) is 1.49. The number of aromatic nitrogens is 3. The van der Waals surface area contributed by atoms with E-state index in [1.165, 1.54) is 6.20 Å². The molecule has 0 saturated carbocycles. The molecule has 2 heterocycles. The lowest BCUT2D eigenvalue weighted by atomic mass is 10.0. The third kappa shape index (κ3) is 2.75. The van der Waals surface area contributed by atoms with Gasteiger partial charge in [0.25, 0.3) is 11.5 Å². The van der Waals surface area contributed by atoms with E-state index in [9.17, 15) is 9.59 Å². The fourth-order valence-electron chi connectivity index (χ4n) is 3.08. The number of hydrogen-bond acceptors (Lipinski definition) is 3. The summed E-state index contributed by atoms with van der Waals surface area (Å²) in [6.45, 7) is 2.55. The smallest absolute Gasteiger partial charge is 0.259 e. The molecule has 0 spiro atoms. The number of carbonyl (C=O) groups is 1. The van der Waals surface area contributed by atoms with Gasteiger partial charge in [0.2, 0.25) is 0 Å². The Kier molecular flexibility index (Phi) is 4.01. The Morgan fingerprint density at radius 2 is 1.88 bits per heavy atom. The average molecular weight is 346 g/mol. The van der Waals surface area contributed by atoms with Gasteiger partial charge in [0.05, 0.1) is 17.1 Å². The predicted octanol–water partition coefficient (Wildman–Crippen LogP) is 2.71. The fourth-order valence-corrected chi connectivity index (χ4v) is 3.08. The molecular formula is C20H18N4O2. The van der Waals surface area contributed by atoms with Gasteiger partial charge in [0.15, 0.2) is 0 Å². The molecule has 4 rings (SSSR count). The van der Waals surface area contributed by atoms with Crippen LogP contribution in [0.15, 0.2) is 65.6 Å². The Morgan fingerprint density at radius 3 is 2.69 bits per heavy atom. The van der Waals surface area contributed by atoms with E-state index >= 15 is 0 Å². The van der Waals surface area contributed by atoms with Crippen LogP contribution in [0.2, 0.25) is 0 Å². The predicted molar refractivity (Wildman–Crippen MR) is 101 cm³/mol. The SMILES string of the molecule is CC(CNC(=O)c1cnn2c1[nH]c(=O)c1ccccc12)c1ccccc1. The van der Waals surface area contributed by atoms with Gasteiger partial charge in [-0.2, -0.15) is 5.10 Å². The first-order valence-corrected chi connectivity index (χ1v) is 8.47.